The fraction of sp³-hybridized carbons (Fsp3) is 0.716. The molecule has 0 heterocycles. The number of unbranched alkanes of at least 4 members (excludes halogenated alkanes) is 28. The van der Waals surface area contributed by atoms with Crippen LogP contribution in [-0.4, -0.2) is 37.2 Å². The lowest BCUT2D eigenvalue weighted by Gasteiger charge is -2.18. The van der Waals surface area contributed by atoms with Gasteiger partial charge in [-0.15, -0.1) is 0 Å². The molecule has 0 radical (unpaired) electrons. The summed E-state index contributed by atoms with van der Waals surface area (Å²) in [5.74, 6) is -0.905. The molecule has 0 aromatic heterocycles. The first-order chi connectivity index (χ1) is 36.0. The Morgan fingerprint density at radius 1 is 0.288 bits per heavy atom. The molecule has 73 heavy (non-hydrogen) atoms. The lowest BCUT2D eigenvalue weighted by Crippen LogP contribution is -2.30. The highest BCUT2D eigenvalue weighted by Crippen LogP contribution is 2.15. The first kappa shape index (κ1) is 69.3. The van der Waals surface area contributed by atoms with E-state index in [4.69, 9.17) is 14.2 Å². The van der Waals surface area contributed by atoms with E-state index in [1.54, 1.807) is 0 Å². The first-order valence-corrected chi connectivity index (χ1v) is 30.7. The normalized spacial score (nSPS) is 12.8. The molecule has 418 valence electrons. The molecule has 0 aliphatic carbocycles. The minimum absolute atomic E-state index is 0.0880. The number of rotatable bonds is 55. The number of carbonyl (C=O) groups is 3. The van der Waals surface area contributed by atoms with Crippen molar-refractivity contribution in [1.82, 2.24) is 0 Å². The molecule has 6 nitrogen and oxygen atoms in total. The van der Waals surface area contributed by atoms with Crippen molar-refractivity contribution in [3.05, 3.63) is 97.2 Å². The third-order valence-electron chi connectivity index (χ3n) is 13.1. The topological polar surface area (TPSA) is 78.9 Å². The Balaban J connectivity index is 4.42. The Hall–Kier alpha value is -3.67. The quantitative estimate of drug-likeness (QED) is 0.0261. The summed E-state index contributed by atoms with van der Waals surface area (Å²) in [6.45, 7) is 6.41. The molecule has 0 fully saturated rings. The largest absolute Gasteiger partial charge is 0.462 e. The van der Waals surface area contributed by atoms with Crippen molar-refractivity contribution in [1.29, 1.82) is 0 Å². The second-order valence-electron chi connectivity index (χ2n) is 20.2. The van der Waals surface area contributed by atoms with Gasteiger partial charge in [0, 0.05) is 19.3 Å². The second-order valence-corrected chi connectivity index (χ2v) is 20.2. The van der Waals surface area contributed by atoms with Crippen molar-refractivity contribution in [2.75, 3.05) is 13.2 Å². The van der Waals surface area contributed by atoms with Gasteiger partial charge in [0.05, 0.1) is 0 Å². The van der Waals surface area contributed by atoms with Gasteiger partial charge in [-0.1, -0.05) is 253 Å². The highest BCUT2D eigenvalue weighted by molar-refractivity contribution is 5.71. The maximum absolute atomic E-state index is 12.9. The van der Waals surface area contributed by atoms with Gasteiger partial charge in [-0.3, -0.25) is 14.4 Å². The van der Waals surface area contributed by atoms with Crippen LogP contribution in [0.5, 0.6) is 0 Å². The number of allylic oxidation sites excluding steroid dienone is 16. The van der Waals surface area contributed by atoms with E-state index in [2.05, 4.69) is 118 Å². The maximum atomic E-state index is 12.9. The van der Waals surface area contributed by atoms with Crippen LogP contribution in [0.1, 0.15) is 290 Å². The first-order valence-electron chi connectivity index (χ1n) is 30.7. The average Bonchev–Trinajstić information content (AvgIpc) is 3.39. The van der Waals surface area contributed by atoms with E-state index in [9.17, 15) is 14.4 Å². The van der Waals surface area contributed by atoms with Crippen LogP contribution in [0, 0.1) is 0 Å². The van der Waals surface area contributed by atoms with Gasteiger partial charge in [-0.2, -0.15) is 0 Å². The van der Waals surface area contributed by atoms with Gasteiger partial charge in [0.2, 0.25) is 0 Å². The molecule has 0 N–H and O–H groups in total. The lowest BCUT2D eigenvalue weighted by molar-refractivity contribution is -0.167. The molecule has 0 saturated carbocycles. The van der Waals surface area contributed by atoms with Crippen LogP contribution < -0.4 is 0 Å². The van der Waals surface area contributed by atoms with Gasteiger partial charge >= 0.3 is 17.9 Å². The molecular formula is C67H114O6. The zero-order chi connectivity index (χ0) is 52.9. The van der Waals surface area contributed by atoms with Crippen LogP contribution in [-0.2, 0) is 28.6 Å². The van der Waals surface area contributed by atoms with E-state index in [0.29, 0.717) is 19.3 Å². The highest BCUT2D eigenvalue weighted by Gasteiger charge is 2.19. The Bertz CT molecular complexity index is 1440. The summed E-state index contributed by atoms with van der Waals surface area (Å²) in [7, 11) is 0. The summed E-state index contributed by atoms with van der Waals surface area (Å²) in [5, 5.41) is 0. The predicted octanol–water partition coefficient (Wildman–Crippen LogP) is 20.9. The average molecular weight is 1020 g/mol. The van der Waals surface area contributed by atoms with Crippen LogP contribution in [0.15, 0.2) is 97.2 Å². The third kappa shape index (κ3) is 59.1. The number of carbonyl (C=O) groups excluding carboxylic acids is 3. The van der Waals surface area contributed by atoms with E-state index in [-0.39, 0.29) is 31.1 Å². The third-order valence-corrected chi connectivity index (χ3v) is 13.1. The van der Waals surface area contributed by atoms with Gasteiger partial charge in [0.15, 0.2) is 6.10 Å². The van der Waals surface area contributed by atoms with Crippen LogP contribution in [0.25, 0.3) is 0 Å². The summed E-state index contributed by atoms with van der Waals surface area (Å²) in [6, 6.07) is 0. The smallest absolute Gasteiger partial charge is 0.306 e. The van der Waals surface area contributed by atoms with Crippen molar-refractivity contribution < 1.29 is 28.6 Å². The standard InChI is InChI=1S/C67H114O6/c1-4-7-10-13-16-19-22-25-28-31-33-36-39-42-45-48-51-54-57-60-66(69)72-63-64(62-71-65(68)59-56-53-50-47-44-41-38-35-30-27-24-21-18-15-12-9-6-3)73-67(70)61-58-55-52-49-46-43-40-37-34-32-29-26-23-20-17-14-11-8-5-2/h7,9-10,12,16,18-19,21,25-30,33,36,64H,4-6,8,11,13-15,17,20,22-24,31-32,34-35,37-63H2,1-3H3/b10-7-,12-9-,19-16-,21-18-,28-25-,29-26-,30-27-,36-33-. The molecule has 1 unspecified atom stereocenters. The number of esters is 3. The Kier molecular flexibility index (Phi) is 57.8. The van der Waals surface area contributed by atoms with Crippen LogP contribution >= 0.6 is 0 Å². The maximum Gasteiger partial charge on any atom is 0.306 e. The van der Waals surface area contributed by atoms with Gasteiger partial charge in [-0.25, -0.2) is 0 Å². The molecule has 1 atom stereocenters. The summed E-state index contributed by atoms with van der Waals surface area (Å²) in [4.78, 5) is 38.3. The summed E-state index contributed by atoms with van der Waals surface area (Å²) < 4.78 is 16.9. The fourth-order valence-electron chi connectivity index (χ4n) is 8.50. The number of ether oxygens (including phenoxy) is 3. The molecule has 6 heteroatoms. The summed E-state index contributed by atoms with van der Waals surface area (Å²) >= 11 is 0. The minimum Gasteiger partial charge on any atom is -0.462 e. The molecule has 0 spiro atoms. The minimum atomic E-state index is -0.791. The molecule has 0 amide bonds. The van der Waals surface area contributed by atoms with E-state index < -0.39 is 6.10 Å². The second kappa shape index (κ2) is 60.9. The highest BCUT2D eigenvalue weighted by atomic mass is 16.6. The SMILES string of the molecule is CC/C=C\C/C=C\C/C=C\C/C=C\CCCCCCCCC(=O)OCC(COC(=O)CCCCCCCCC/C=C\C/C=C\C/C=C\CC)OC(=O)CCCCCCCCCCC/C=C\CCCCCCCC. The van der Waals surface area contributed by atoms with Crippen LogP contribution in [0.4, 0.5) is 0 Å². The Morgan fingerprint density at radius 3 is 0.849 bits per heavy atom. The molecule has 0 bridgehead atoms. The predicted molar refractivity (Wildman–Crippen MR) is 316 cm³/mol. The summed E-state index contributed by atoms with van der Waals surface area (Å²) in [5.41, 5.74) is 0. The van der Waals surface area contributed by atoms with Crippen molar-refractivity contribution in [3.63, 3.8) is 0 Å². The zero-order valence-corrected chi connectivity index (χ0v) is 47.9. The molecule has 0 aromatic rings. The molecular weight excluding hydrogens is 901 g/mol. The van der Waals surface area contributed by atoms with Gasteiger partial charge in [0.25, 0.3) is 0 Å². The van der Waals surface area contributed by atoms with Gasteiger partial charge in [0.1, 0.15) is 13.2 Å². The number of hydrogen-bond donors (Lipinski definition) is 0. The molecule has 0 saturated heterocycles. The Labute approximate surface area is 451 Å². The molecule has 0 aliphatic heterocycles. The fourth-order valence-corrected chi connectivity index (χ4v) is 8.50. The molecule has 0 aliphatic rings. The number of hydrogen-bond acceptors (Lipinski definition) is 6. The lowest BCUT2D eigenvalue weighted by atomic mass is 10.1. The molecule has 0 aromatic carbocycles. The molecule has 0 rings (SSSR count). The van der Waals surface area contributed by atoms with Crippen molar-refractivity contribution in [2.24, 2.45) is 0 Å². The van der Waals surface area contributed by atoms with Crippen LogP contribution in [0.3, 0.4) is 0 Å². The van der Waals surface area contributed by atoms with E-state index in [1.807, 2.05) is 0 Å². The van der Waals surface area contributed by atoms with E-state index in [0.717, 1.165) is 116 Å². The van der Waals surface area contributed by atoms with E-state index >= 15 is 0 Å². The van der Waals surface area contributed by atoms with E-state index in [1.165, 1.54) is 135 Å². The summed E-state index contributed by atoms with van der Waals surface area (Å²) in [6.07, 6.45) is 81.1. The zero-order valence-electron chi connectivity index (χ0n) is 47.9. The monoisotopic (exact) mass is 1010 g/mol. The van der Waals surface area contributed by atoms with Crippen molar-refractivity contribution in [3.8, 4) is 0 Å². The van der Waals surface area contributed by atoms with Crippen LogP contribution in [0.2, 0.25) is 0 Å². The van der Waals surface area contributed by atoms with Gasteiger partial charge in [-0.05, 0) is 116 Å². The Morgan fingerprint density at radius 2 is 0.534 bits per heavy atom. The van der Waals surface area contributed by atoms with Gasteiger partial charge < -0.3 is 14.2 Å². The van der Waals surface area contributed by atoms with Crippen molar-refractivity contribution >= 4 is 17.9 Å². The van der Waals surface area contributed by atoms with Crippen molar-refractivity contribution in [2.45, 2.75) is 297 Å².